The zero-order valence-electron chi connectivity index (χ0n) is 10.2. The minimum absolute atomic E-state index is 0.287. The van der Waals surface area contributed by atoms with Crippen molar-refractivity contribution in [1.29, 1.82) is 0 Å². The topological polar surface area (TPSA) is 47.0 Å². The normalized spacial score (nSPS) is 24.4. The number of hydrogen-bond acceptors (Lipinski definition) is 4. The van der Waals surface area contributed by atoms with Gasteiger partial charge in [-0.1, -0.05) is 13.3 Å². The number of halogens is 1. The number of hydrogen-bond donors (Lipinski definition) is 1. The van der Waals surface area contributed by atoms with Crippen LogP contribution in [-0.2, 0) is 0 Å². The fourth-order valence-electron chi connectivity index (χ4n) is 2.25. The average Bonchev–Trinajstić information content (AvgIpc) is 2.32. The zero-order valence-corrected chi connectivity index (χ0v) is 11.8. The van der Waals surface area contributed by atoms with Crippen molar-refractivity contribution in [2.24, 2.45) is 5.92 Å². The molecular weight excluding hydrogens is 282 g/mol. The Morgan fingerprint density at radius 1 is 1.41 bits per heavy atom. The first-order valence-electron chi connectivity index (χ1n) is 6.05. The first-order valence-corrected chi connectivity index (χ1v) is 6.85. The molecule has 1 N–H and O–H groups in total. The summed E-state index contributed by atoms with van der Waals surface area (Å²) in [6.07, 6.45) is 6.61. The number of nitrogens with one attached hydrogen (secondary N) is 1. The van der Waals surface area contributed by atoms with Gasteiger partial charge in [0.1, 0.15) is 22.7 Å². The van der Waals surface area contributed by atoms with Crippen molar-refractivity contribution in [3.63, 3.8) is 0 Å². The van der Waals surface area contributed by atoms with Gasteiger partial charge in [0, 0.05) is 7.05 Å². The van der Waals surface area contributed by atoms with Gasteiger partial charge in [0.15, 0.2) is 0 Å². The first-order chi connectivity index (χ1) is 8.20. The summed E-state index contributed by atoms with van der Waals surface area (Å²) in [6.45, 7) is 2.28. The largest absolute Gasteiger partial charge is 0.473 e. The fraction of sp³-hybridized carbons (Fsp3) is 0.667. The van der Waals surface area contributed by atoms with E-state index in [2.05, 4.69) is 38.1 Å². The summed E-state index contributed by atoms with van der Waals surface area (Å²) >= 11 is 3.47. The van der Waals surface area contributed by atoms with Gasteiger partial charge in [-0.25, -0.2) is 9.97 Å². The van der Waals surface area contributed by atoms with Gasteiger partial charge in [-0.2, -0.15) is 0 Å². The van der Waals surface area contributed by atoms with Gasteiger partial charge < -0.3 is 10.1 Å². The summed E-state index contributed by atoms with van der Waals surface area (Å²) in [4.78, 5) is 8.30. The van der Waals surface area contributed by atoms with Crippen molar-refractivity contribution < 1.29 is 4.74 Å². The Bertz CT molecular complexity index is 386. The molecule has 0 aliphatic heterocycles. The molecule has 0 radical (unpaired) electrons. The second-order valence-electron chi connectivity index (χ2n) is 4.60. The van der Waals surface area contributed by atoms with Crippen molar-refractivity contribution >= 4 is 21.7 Å². The highest BCUT2D eigenvalue weighted by Crippen LogP contribution is 2.32. The average molecular weight is 300 g/mol. The van der Waals surface area contributed by atoms with Crippen LogP contribution in [0.1, 0.15) is 32.6 Å². The van der Waals surface area contributed by atoms with Crippen LogP contribution in [0.5, 0.6) is 5.88 Å². The third-order valence-electron chi connectivity index (χ3n) is 3.16. The third-order valence-corrected chi connectivity index (χ3v) is 3.88. The molecule has 1 aliphatic rings. The van der Waals surface area contributed by atoms with Crippen molar-refractivity contribution in [2.45, 2.75) is 38.7 Å². The lowest BCUT2D eigenvalue weighted by atomic mass is 9.89. The van der Waals surface area contributed by atoms with Crippen molar-refractivity contribution in [3.8, 4) is 5.88 Å². The Balaban J connectivity index is 2.07. The summed E-state index contributed by atoms with van der Waals surface area (Å²) in [5.74, 6) is 2.15. The lowest BCUT2D eigenvalue weighted by Gasteiger charge is -2.27. The van der Waals surface area contributed by atoms with E-state index in [-0.39, 0.29) is 6.10 Å². The molecule has 0 spiro atoms. The molecule has 94 valence electrons. The number of aromatic nitrogens is 2. The molecule has 0 amide bonds. The Hall–Kier alpha value is -0.840. The molecule has 1 heterocycles. The molecule has 2 unspecified atom stereocenters. The van der Waals surface area contributed by atoms with E-state index in [0.717, 1.165) is 29.1 Å². The third kappa shape index (κ3) is 3.09. The molecule has 17 heavy (non-hydrogen) atoms. The van der Waals surface area contributed by atoms with Crippen molar-refractivity contribution in [3.05, 3.63) is 10.8 Å². The number of ether oxygens (including phenoxy) is 1. The summed E-state index contributed by atoms with van der Waals surface area (Å²) in [6, 6.07) is 0. The number of nitrogens with zero attached hydrogens (tertiary/aromatic N) is 2. The van der Waals surface area contributed by atoms with E-state index in [4.69, 9.17) is 4.74 Å². The Kier molecular flexibility index (Phi) is 4.20. The molecular formula is C12H18BrN3O. The highest BCUT2D eigenvalue weighted by molar-refractivity contribution is 9.10. The summed E-state index contributed by atoms with van der Waals surface area (Å²) in [5, 5.41) is 3.00. The molecule has 0 aromatic carbocycles. The fourth-order valence-corrected chi connectivity index (χ4v) is 2.75. The second kappa shape index (κ2) is 5.67. The van der Waals surface area contributed by atoms with Crippen LogP contribution in [0.3, 0.4) is 0 Å². The van der Waals surface area contributed by atoms with Crippen molar-refractivity contribution in [1.82, 2.24) is 9.97 Å². The van der Waals surface area contributed by atoms with Crippen LogP contribution < -0.4 is 10.1 Å². The monoisotopic (exact) mass is 299 g/mol. The molecule has 1 aromatic heterocycles. The quantitative estimate of drug-likeness (QED) is 0.931. The lowest BCUT2D eigenvalue weighted by Crippen LogP contribution is -2.24. The van der Waals surface area contributed by atoms with E-state index in [1.54, 1.807) is 0 Å². The van der Waals surface area contributed by atoms with Crippen LogP contribution in [0.4, 0.5) is 5.82 Å². The van der Waals surface area contributed by atoms with Gasteiger partial charge in [-0.15, -0.1) is 0 Å². The van der Waals surface area contributed by atoms with Crippen LogP contribution in [-0.4, -0.2) is 23.1 Å². The van der Waals surface area contributed by atoms with Crippen LogP contribution in [0.2, 0.25) is 0 Å². The van der Waals surface area contributed by atoms with E-state index in [0.29, 0.717) is 5.88 Å². The smallest absolute Gasteiger partial charge is 0.233 e. The van der Waals surface area contributed by atoms with Gasteiger partial charge in [0.2, 0.25) is 5.88 Å². The summed E-state index contributed by atoms with van der Waals surface area (Å²) in [7, 11) is 1.83. The molecule has 1 aromatic rings. The SMILES string of the molecule is CNc1ncnc(OC2CCCC(C)C2)c1Br. The minimum Gasteiger partial charge on any atom is -0.473 e. The number of rotatable bonds is 3. The summed E-state index contributed by atoms with van der Waals surface area (Å²) in [5.41, 5.74) is 0. The highest BCUT2D eigenvalue weighted by Gasteiger charge is 2.22. The molecule has 0 bridgehead atoms. The van der Waals surface area contributed by atoms with Crippen LogP contribution in [0.15, 0.2) is 10.8 Å². The maximum absolute atomic E-state index is 5.96. The molecule has 1 saturated carbocycles. The molecule has 1 aliphatic carbocycles. The first kappa shape index (κ1) is 12.6. The minimum atomic E-state index is 0.287. The van der Waals surface area contributed by atoms with Gasteiger partial charge >= 0.3 is 0 Å². The Labute approximate surface area is 110 Å². The molecule has 2 atom stereocenters. The lowest BCUT2D eigenvalue weighted by molar-refractivity contribution is 0.123. The van der Waals surface area contributed by atoms with E-state index < -0.39 is 0 Å². The van der Waals surface area contributed by atoms with Crippen molar-refractivity contribution in [2.75, 3.05) is 12.4 Å². The Morgan fingerprint density at radius 2 is 2.24 bits per heavy atom. The molecule has 5 heteroatoms. The summed E-state index contributed by atoms with van der Waals surface area (Å²) < 4.78 is 6.77. The molecule has 4 nitrogen and oxygen atoms in total. The predicted molar refractivity (Wildman–Crippen MR) is 71.3 cm³/mol. The predicted octanol–water partition coefficient (Wildman–Crippen LogP) is 3.24. The number of anilines is 1. The van der Waals surface area contributed by atoms with E-state index in [1.807, 2.05) is 7.05 Å². The standard InChI is InChI=1S/C12H18BrN3O/c1-8-4-3-5-9(6-8)17-12-10(13)11(14-2)15-7-16-12/h7-9H,3-6H2,1-2H3,(H,14,15,16). The molecule has 1 fully saturated rings. The highest BCUT2D eigenvalue weighted by atomic mass is 79.9. The van der Waals surface area contributed by atoms with Gasteiger partial charge in [0.05, 0.1) is 0 Å². The van der Waals surface area contributed by atoms with Crippen LogP contribution in [0.25, 0.3) is 0 Å². The Morgan fingerprint density at radius 3 is 2.94 bits per heavy atom. The van der Waals surface area contributed by atoms with E-state index in [1.165, 1.54) is 19.2 Å². The second-order valence-corrected chi connectivity index (χ2v) is 5.40. The molecule has 0 saturated heterocycles. The maximum Gasteiger partial charge on any atom is 0.233 e. The van der Waals surface area contributed by atoms with Crippen LogP contribution in [0, 0.1) is 5.92 Å². The zero-order chi connectivity index (χ0) is 12.3. The molecule has 2 rings (SSSR count). The maximum atomic E-state index is 5.96. The van der Waals surface area contributed by atoms with Gasteiger partial charge in [-0.05, 0) is 41.1 Å². The van der Waals surface area contributed by atoms with Crippen LogP contribution >= 0.6 is 15.9 Å². The van der Waals surface area contributed by atoms with E-state index >= 15 is 0 Å². The van der Waals surface area contributed by atoms with Gasteiger partial charge in [0.25, 0.3) is 0 Å². The van der Waals surface area contributed by atoms with Gasteiger partial charge in [-0.3, -0.25) is 0 Å². The van der Waals surface area contributed by atoms with E-state index in [9.17, 15) is 0 Å².